The third-order valence-electron chi connectivity index (χ3n) is 2.22. The van der Waals surface area contributed by atoms with Crippen LogP contribution in [0, 0.1) is 0 Å². The molecule has 0 aliphatic carbocycles. The molecular weight excluding hydrogens is 148 g/mol. The third kappa shape index (κ3) is 3.26. The minimum atomic E-state index is 0.542. The monoisotopic (exact) mass is 168 g/mol. The molecule has 0 aromatic rings. The molecule has 0 saturated carbocycles. The minimum absolute atomic E-state index is 0.542. The van der Waals surface area contributed by atoms with Crippen molar-refractivity contribution in [3.05, 3.63) is 12.3 Å². The fraction of sp³-hybridized carbons (Fsp3) is 0.800. The number of hydrogen-bond donors (Lipinski definition) is 1. The van der Waals surface area contributed by atoms with Crippen LogP contribution in [0.1, 0.15) is 26.7 Å². The van der Waals surface area contributed by atoms with Crippen LogP contribution in [0.25, 0.3) is 0 Å². The Balaban J connectivity index is 2.16. The van der Waals surface area contributed by atoms with Crippen LogP contribution in [0.5, 0.6) is 0 Å². The predicted octanol–water partition coefficient (Wildman–Crippen LogP) is 1.59. The van der Waals surface area contributed by atoms with Gasteiger partial charge in [-0.05, 0) is 39.8 Å². The second-order valence-corrected chi connectivity index (χ2v) is 3.83. The van der Waals surface area contributed by atoms with Gasteiger partial charge in [0, 0.05) is 18.3 Å². The van der Waals surface area contributed by atoms with Gasteiger partial charge in [-0.25, -0.2) is 0 Å². The molecule has 1 atom stereocenters. The maximum atomic E-state index is 3.84. The molecule has 2 heteroatoms. The van der Waals surface area contributed by atoms with Crippen molar-refractivity contribution in [2.24, 2.45) is 0 Å². The lowest BCUT2D eigenvalue weighted by Gasteiger charge is -2.21. The van der Waals surface area contributed by atoms with Crippen molar-refractivity contribution in [2.45, 2.75) is 32.7 Å². The van der Waals surface area contributed by atoms with Gasteiger partial charge in [0.15, 0.2) is 0 Å². The average molecular weight is 168 g/mol. The highest BCUT2D eigenvalue weighted by Crippen LogP contribution is 2.07. The highest BCUT2D eigenvalue weighted by atomic mass is 15.2. The van der Waals surface area contributed by atoms with Gasteiger partial charge in [0.1, 0.15) is 0 Å². The number of rotatable bonds is 4. The first-order chi connectivity index (χ1) is 5.68. The molecule has 0 aromatic carbocycles. The van der Waals surface area contributed by atoms with Crippen LogP contribution in [0.2, 0.25) is 0 Å². The number of nitrogens with one attached hydrogen (secondary N) is 1. The lowest BCUT2D eigenvalue weighted by molar-refractivity contribution is 0.306. The molecule has 1 N–H and O–H groups in total. The highest BCUT2D eigenvalue weighted by molar-refractivity contribution is 4.88. The van der Waals surface area contributed by atoms with E-state index in [1.807, 2.05) is 6.92 Å². The molecule has 70 valence electrons. The van der Waals surface area contributed by atoms with Gasteiger partial charge in [0.05, 0.1) is 0 Å². The topological polar surface area (TPSA) is 15.3 Å². The summed E-state index contributed by atoms with van der Waals surface area (Å²) in [4.78, 5) is 2.51. The van der Waals surface area contributed by atoms with E-state index in [1.54, 1.807) is 0 Å². The van der Waals surface area contributed by atoms with E-state index in [4.69, 9.17) is 0 Å². The average Bonchev–Trinajstić information content (AvgIpc) is 2.37. The largest absolute Gasteiger partial charge is 0.385 e. The van der Waals surface area contributed by atoms with E-state index < -0.39 is 0 Å². The van der Waals surface area contributed by atoms with Crippen molar-refractivity contribution >= 4 is 0 Å². The Bertz CT molecular complexity index is 148. The Kier molecular flexibility index (Phi) is 3.60. The summed E-state index contributed by atoms with van der Waals surface area (Å²) in [6.07, 6.45) is 2.75. The van der Waals surface area contributed by atoms with Crippen molar-refractivity contribution < 1.29 is 0 Å². The summed E-state index contributed by atoms with van der Waals surface area (Å²) in [5.74, 6) is 0. The summed E-state index contributed by atoms with van der Waals surface area (Å²) in [5.41, 5.74) is 1.07. The Hall–Kier alpha value is -0.500. The van der Waals surface area contributed by atoms with E-state index in [0.717, 1.165) is 12.2 Å². The van der Waals surface area contributed by atoms with Crippen molar-refractivity contribution in [1.82, 2.24) is 10.2 Å². The SMILES string of the molecule is C=C(C)N[C@@H](C)CN1CCCC1. The molecule has 1 fully saturated rings. The number of allylic oxidation sites excluding steroid dienone is 1. The lowest BCUT2D eigenvalue weighted by atomic mass is 10.3. The van der Waals surface area contributed by atoms with E-state index in [9.17, 15) is 0 Å². The van der Waals surface area contributed by atoms with Crippen molar-refractivity contribution in [2.75, 3.05) is 19.6 Å². The van der Waals surface area contributed by atoms with Gasteiger partial charge in [-0.3, -0.25) is 0 Å². The van der Waals surface area contributed by atoms with Gasteiger partial charge in [-0.2, -0.15) is 0 Å². The summed E-state index contributed by atoms with van der Waals surface area (Å²) in [5, 5.41) is 3.33. The zero-order valence-electron chi connectivity index (χ0n) is 8.27. The lowest BCUT2D eigenvalue weighted by Crippen LogP contribution is -2.36. The van der Waals surface area contributed by atoms with Crippen molar-refractivity contribution in [1.29, 1.82) is 0 Å². The number of likely N-dealkylation sites (tertiary alicyclic amines) is 1. The molecule has 0 unspecified atom stereocenters. The summed E-state index contributed by atoms with van der Waals surface area (Å²) >= 11 is 0. The summed E-state index contributed by atoms with van der Waals surface area (Å²) in [6.45, 7) is 11.8. The summed E-state index contributed by atoms with van der Waals surface area (Å²) in [7, 11) is 0. The van der Waals surface area contributed by atoms with Gasteiger partial charge >= 0.3 is 0 Å². The quantitative estimate of drug-likeness (QED) is 0.686. The van der Waals surface area contributed by atoms with Gasteiger partial charge in [0.25, 0.3) is 0 Å². The Morgan fingerprint density at radius 2 is 2.08 bits per heavy atom. The van der Waals surface area contributed by atoms with Crippen LogP contribution in [0.4, 0.5) is 0 Å². The summed E-state index contributed by atoms with van der Waals surface area (Å²) in [6, 6.07) is 0.542. The standard InChI is InChI=1S/C10H20N2/c1-9(2)11-10(3)8-12-6-4-5-7-12/h10-11H,1,4-8H2,2-3H3/t10-/m0/s1. The normalized spacial score (nSPS) is 20.8. The first-order valence-electron chi connectivity index (χ1n) is 4.83. The zero-order valence-corrected chi connectivity index (χ0v) is 8.27. The predicted molar refractivity (Wildman–Crippen MR) is 53.1 cm³/mol. The first kappa shape index (κ1) is 9.59. The van der Waals surface area contributed by atoms with Crippen LogP contribution in [0.15, 0.2) is 12.3 Å². The molecule has 0 spiro atoms. The van der Waals surface area contributed by atoms with Crippen molar-refractivity contribution in [3.63, 3.8) is 0 Å². The first-order valence-corrected chi connectivity index (χ1v) is 4.83. The maximum absolute atomic E-state index is 3.84. The molecule has 0 bridgehead atoms. The van der Waals surface area contributed by atoms with Crippen LogP contribution < -0.4 is 5.32 Å². The van der Waals surface area contributed by atoms with Gasteiger partial charge in [-0.15, -0.1) is 0 Å². The molecule has 1 aliphatic rings. The second kappa shape index (κ2) is 4.51. The van der Waals surface area contributed by atoms with Gasteiger partial charge in [0.2, 0.25) is 0 Å². The van der Waals surface area contributed by atoms with E-state index >= 15 is 0 Å². The van der Waals surface area contributed by atoms with E-state index in [0.29, 0.717) is 6.04 Å². The molecule has 1 saturated heterocycles. The molecular formula is C10H20N2. The fourth-order valence-corrected chi connectivity index (χ4v) is 1.82. The maximum Gasteiger partial charge on any atom is 0.0356 e. The molecule has 1 rings (SSSR count). The van der Waals surface area contributed by atoms with Gasteiger partial charge in [-0.1, -0.05) is 6.58 Å². The molecule has 0 radical (unpaired) electrons. The van der Waals surface area contributed by atoms with Crippen LogP contribution >= 0.6 is 0 Å². The summed E-state index contributed by atoms with van der Waals surface area (Å²) < 4.78 is 0. The number of hydrogen-bond acceptors (Lipinski definition) is 2. The fourth-order valence-electron chi connectivity index (χ4n) is 1.82. The Labute approximate surface area is 75.6 Å². The molecule has 1 aliphatic heterocycles. The highest BCUT2D eigenvalue weighted by Gasteiger charge is 2.13. The van der Waals surface area contributed by atoms with Crippen LogP contribution in [-0.4, -0.2) is 30.6 Å². The van der Waals surface area contributed by atoms with E-state index in [-0.39, 0.29) is 0 Å². The molecule has 2 nitrogen and oxygen atoms in total. The molecule has 0 amide bonds. The molecule has 12 heavy (non-hydrogen) atoms. The van der Waals surface area contributed by atoms with E-state index in [2.05, 4.69) is 23.7 Å². The van der Waals surface area contributed by atoms with Gasteiger partial charge < -0.3 is 10.2 Å². The Morgan fingerprint density at radius 1 is 1.50 bits per heavy atom. The smallest absolute Gasteiger partial charge is 0.0356 e. The second-order valence-electron chi connectivity index (χ2n) is 3.83. The number of nitrogens with zero attached hydrogens (tertiary/aromatic N) is 1. The van der Waals surface area contributed by atoms with Crippen LogP contribution in [-0.2, 0) is 0 Å². The van der Waals surface area contributed by atoms with E-state index in [1.165, 1.54) is 25.9 Å². The van der Waals surface area contributed by atoms with Crippen LogP contribution in [0.3, 0.4) is 0 Å². The molecule has 1 heterocycles. The Morgan fingerprint density at radius 3 is 2.58 bits per heavy atom. The zero-order chi connectivity index (χ0) is 8.97. The third-order valence-corrected chi connectivity index (χ3v) is 2.22. The molecule has 0 aromatic heterocycles. The van der Waals surface area contributed by atoms with Crippen molar-refractivity contribution in [3.8, 4) is 0 Å². The minimum Gasteiger partial charge on any atom is -0.385 e.